The maximum absolute atomic E-state index is 12.3. The summed E-state index contributed by atoms with van der Waals surface area (Å²) in [7, 11) is 0. The van der Waals surface area contributed by atoms with Crippen LogP contribution in [0.5, 0.6) is 0 Å². The van der Waals surface area contributed by atoms with E-state index in [1.54, 1.807) is 28.0 Å². The second-order valence-corrected chi connectivity index (χ2v) is 5.92. The summed E-state index contributed by atoms with van der Waals surface area (Å²) in [5.41, 5.74) is 1.71. The van der Waals surface area contributed by atoms with E-state index in [1.165, 1.54) is 0 Å². The van der Waals surface area contributed by atoms with Gasteiger partial charge < -0.3 is 10.1 Å². The molecule has 0 saturated carbocycles. The molecule has 1 unspecified atom stereocenters. The first-order valence-electron chi connectivity index (χ1n) is 8.21. The number of anilines is 1. The lowest BCUT2D eigenvalue weighted by Gasteiger charge is -2.08. The van der Waals surface area contributed by atoms with Gasteiger partial charge in [-0.3, -0.25) is 9.48 Å². The number of rotatable bonds is 5. The van der Waals surface area contributed by atoms with Crippen molar-refractivity contribution in [3.05, 3.63) is 54.6 Å². The minimum absolute atomic E-state index is 0.203. The van der Waals surface area contributed by atoms with E-state index in [9.17, 15) is 4.79 Å². The fourth-order valence-electron chi connectivity index (χ4n) is 2.79. The molecule has 0 aliphatic carbocycles. The Morgan fingerprint density at radius 3 is 2.96 bits per heavy atom. The van der Waals surface area contributed by atoms with Crippen LogP contribution < -0.4 is 5.32 Å². The van der Waals surface area contributed by atoms with Crippen LogP contribution in [0.3, 0.4) is 0 Å². The fourth-order valence-corrected chi connectivity index (χ4v) is 2.79. The zero-order valence-electron chi connectivity index (χ0n) is 13.6. The third-order valence-corrected chi connectivity index (χ3v) is 4.05. The van der Waals surface area contributed by atoms with Crippen molar-refractivity contribution in [3.8, 4) is 5.69 Å². The molecule has 1 atom stereocenters. The van der Waals surface area contributed by atoms with Crippen molar-refractivity contribution >= 4 is 11.6 Å². The van der Waals surface area contributed by atoms with Crippen molar-refractivity contribution in [1.29, 1.82) is 0 Å². The average Bonchev–Trinajstić information content (AvgIpc) is 3.38. The molecule has 128 valence electrons. The normalized spacial score (nSPS) is 16.9. The van der Waals surface area contributed by atoms with Gasteiger partial charge in [0.25, 0.3) is 5.91 Å². The molecule has 0 bridgehead atoms. The molecule has 0 spiro atoms. The predicted octanol–water partition coefficient (Wildman–Crippen LogP) is 1.90. The Labute approximate surface area is 144 Å². The molecule has 8 heteroatoms. The first kappa shape index (κ1) is 15.5. The number of aromatic nitrogens is 5. The van der Waals surface area contributed by atoms with Crippen molar-refractivity contribution < 1.29 is 9.53 Å². The Balaban J connectivity index is 1.40. The molecule has 3 aromatic rings. The largest absolute Gasteiger partial charge is 0.376 e. The summed E-state index contributed by atoms with van der Waals surface area (Å²) in [6, 6.07) is 9.51. The number of ether oxygens (including phenoxy) is 1. The van der Waals surface area contributed by atoms with Gasteiger partial charge in [-0.05, 0) is 25.0 Å². The summed E-state index contributed by atoms with van der Waals surface area (Å²) in [5.74, 6) is -0.321. The highest BCUT2D eigenvalue weighted by Crippen LogP contribution is 2.15. The second-order valence-electron chi connectivity index (χ2n) is 5.92. The summed E-state index contributed by atoms with van der Waals surface area (Å²) in [5, 5.41) is 15.0. The number of nitrogens with one attached hydrogen (secondary N) is 1. The number of benzene rings is 1. The van der Waals surface area contributed by atoms with Crippen molar-refractivity contribution in [2.24, 2.45) is 0 Å². The molecule has 25 heavy (non-hydrogen) atoms. The summed E-state index contributed by atoms with van der Waals surface area (Å²) in [6.07, 6.45) is 7.35. The lowest BCUT2D eigenvalue weighted by molar-refractivity contribution is 0.0940. The molecule has 2 aromatic heterocycles. The van der Waals surface area contributed by atoms with E-state index in [-0.39, 0.29) is 17.7 Å². The minimum Gasteiger partial charge on any atom is -0.376 e. The highest BCUT2D eigenvalue weighted by Gasteiger charge is 2.17. The summed E-state index contributed by atoms with van der Waals surface area (Å²) in [4.78, 5) is 12.3. The lowest BCUT2D eigenvalue weighted by Crippen LogP contribution is -2.15. The van der Waals surface area contributed by atoms with Gasteiger partial charge in [-0.15, -0.1) is 5.10 Å². The molecular formula is C17H18N6O2. The van der Waals surface area contributed by atoms with Gasteiger partial charge >= 0.3 is 0 Å². The van der Waals surface area contributed by atoms with Crippen LogP contribution in [-0.4, -0.2) is 43.4 Å². The van der Waals surface area contributed by atoms with E-state index >= 15 is 0 Å². The Bertz CT molecular complexity index is 851. The van der Waals surface area contributed by atoms with Crippen LogP contribution in [0.1, 0.15) is 23.3 Å². The van der Waals surface area contributed by atoms with Gasteiger partial charge in [-0.25, -0.2) is 4.68 Å². The zero-order valence-corrected chi connectivity index (χ0v) is 13.6. The molecule has 8 nitrogen and oxygen atoms in total. The predicted molar refractivity (Wildman–Crippen MR) is 90.5 cm³/mol. The maximum atomic E-state index is 12.3. The maximum Gasteiger partial charge on any atom is 0.277 e. The van der Waals surface area contributed by atoms with Crippen LogP contribution in [0, 0.1) is 0 Å². The van der Waals surface area contributed by atoms with E-state index < -0.39 is 0 Å². The van der Waals surface area contributed by atoms with Crippen molar-refractivity contribution in [2.45, 2.75) is 25.5 Å². The SMILES string of the molecule is O=C(Nc1cnn(CC2CCCO2)c1)c1cn(-c2ccccc2)nn1. The van der Waals surface area contributed by atoms with Gasteiger partial charge in [0.15, 0.2) is 5.69 Å². The summed E-state index contributed by atoms with van der Waals surface area (Å²) < 4.78 is 8.94. The van der Waals surface area contributed by atoms with Gasteiger partial charge in [0.05, 0.1) is 36.4 Å². The monoisotopic (exact) mass is 338 g/mol. The standard InChI is InChI=1S/C17H18N6O2/c24-17(16-12-23(21-20-16)14-5-2-1-3-6-14)19-13-9-18-22(10-13)11-15-7-4-8-25-15/h1-3,5-6,9-10,12,15H,4,7-8,11H2,(H,19,24). The Morgan fingerprint density at radius 1 is 1.28 bits per heavy atom. The molecule has 1 N–H and O–H groups in total. The number of amides is 1. The average molecular weight is 338 g/mol. The minimum atomic E-state index is -0.321. The first-order chi connectivity index (χ1) is 12.3. The van der Waals surface area contributed by atoms with Crippen molar-refractivity contribution in [3.63, 3.8) is 0 Å². The number of hydrogen-bond acceptors (Lipinski definition) is 5. The van der Waals surface area contributed by atoms with E-state index in [0.29, 0.717) is 12.2 Å². The van der Waals surface area contributed by atoms with Gasteiger partial charge in [0.2, 0.25) is 0 Å². The molecule has 1 aliphatic rings. The van der Waals surface area contributed by atoms with E-state index in [2.05, 4.69) is 20.7 Å². The van der Waals surface area contributed by atoms with E-state index in [4.69, 9.17) is 4.74 Å². The Hall–Kier alpha value is -3.00. The number of carbonyl (C=O) groups excluding carboxylic acids is 1. The smallest absolute Gasteiger partial charge is 0.277 e. The highest BCUT2D eigenvalue weighted by atomic mass is 16.5. The molecule has 1 saturated heterocycles. The van der Waals surface area contributed by atoms with E-state index in [0.717, 1.165) is 25.1 Å². The number of carbonyl (C=O) groups is 1. The fraction of sp³-hybridized carbons (Fsp3) is 0.294. The molecule has 1 amide bonds. The third-order valence-electron chi connectivity index (χ3n) is 4.05. The molecule has 3 heterocycles. The number of hydrogen-bond donors (Lipinski definition) is 1. The van der Waals surface area contributed by atoms with Gasteiger partial charge in [0.1, 0.15) is 0 Å². The van der Waals surface area contributed by atoms with Crippen LogP contribution >= 0.6 is 0 Å². The van der Waals surface area contributed by atoms with Crippen LogP contribution in [0.25, 0.3) is 5.69 Å². The van der Waals surface area contributed by atoms with E-state index in [1.807, 2.05) is 30.3 Å². The molecule has 1 fully saturated rings. The zero-order chi connectivity index (χ0) is 17.1. The van der Waals surface area contributed by atoms with Gasteiger partial charge in [-0.1, -0.05) is 23.4 Å². The molecule has 1 aromatic carbocycles. The Kier molecular flexibility index (Phi) is 4.26. The lowest BCUT2D eigenvalue weighted by atomic mass is 10.2. The highest BCUT2D eigenvalue weighted by molar-refractivity contribution is 6.02. The summed E-state index contributed by atoms with van der Waals surface area (Å²) in [6.45, 7) is 1.51. The second kappa shape index (κ2) is 6.86. The van der Waals surface area contributed by atoms with Crippen LogP contribution in [0.4, 0.5) is 5.69 Å². The molecule has 0 radical (unpaired) electrons. The van der Waals surface area contributed by atoms with Crippen molar-refractivity contribution in [1.82, 2.24) is 24.8 Å². The molecule has 1 aliphatic heterocycles. The van der Waals surface area contributed by atoms with Gasteiger partial charge in [0, 0.05) is 12.8 Å². The third kappa shape index (κ3) is 3.58. The molecule has 4 rings (SSSR count). The van der Waals surface area contributed by atoms with Crippen LogP contribution in [0.15, 0.2) is 48.9 Å². The van der Waals surface area contributed by atoms with Crippen molar-refractivity contribution in [2.75, 3.05) is 11.9 Å². The first-order valence-corrected chi connectivity index (χ1v) is 8.21. The number of nitrogens with zero attached hydrogens (tertiary/aromatic N) is 5. The quantitative estimate of drug-likeness (QED) is 0.768. The molecular weight excluding hydrogens is 320 g/mol. The van der Waals surface area contributed by atoms with Gasteiger partial charge in [-0.2, -0.15) is 5.10 Å². The summed E-state index contributed by atoms with van der Waals surface area (Å²) >= 11 is 0. The topological polar surface area (TPSA) is 86.9 Å². The van der Waals surface area contributed by atoms with Crippen LogP contribution in [0.2, 0.25) is 0 Å². The Morgan fingerprint density at radius 2 is 2.16 bits per heavy atom. The van der Waals surface area contributed by atoms with Crippen LogP contribution in [-0.2, 0) is 11.3 Å². The number of para-hydroxylation sites is 1.